The van der Waals surface area contributed by atoms with Gasteiger partial charge >= 0.3 is 0 Å². The molecular formula is C59H39N5O. The Bertz CT molecular complexity index is 3450. The highest BCUT2D eigenvalue weighted by Crippen LogP contribution is 2.66. The average Bonchev–Trinajstić information content (AvgIpc) is 3.80. The van der Waals surface area contributed by atoms with Crippen molar-refractivity contribution in [1.29, 1.82) is 0 Å². The van der Waals surface area contributed by atoms with Crippen molar-refractivity contribution in [1.82, 2.24) is 24.9 Å². The Morgan fingerprint density at radius 1 is 0.338 bits per heavy atom. The first-order chi connectivity index (χ1) is 32.0. The van der Waals surface area contributed by atoms with Crippen LogP contribution < -0.4 is 4.74 Å². The van der Waals surface area contributed by atoms with Gasteiger partial charge in [-0.1, -0.05) is 202 Å². The largest absolute Gasteiger partial charge is 0.457 e. The minimum Gasteiger partial charge on any atom is -0.457 e. The first-order valence-corrected chi connectivity index (χ1v) is 22.1. The molecule has 0 fully saturated rings. The summed E-state index contributed by atoms with van der Waals surface area (Å²) in [6, 6.07) is 69.8. The average molecular weight is 834 g/mol. The molecule has 306 valence electrons. The van der Waals surface area contributed by atoms with Crippen LogP contribution in [0.2, 0.25) is 0 Å². The maximum Gasteiger partial charge on any atom is 0.164 e. The van der Waals surface area contributed by atoms with Gasteiger partial charge in [-0.15, -0.1) is 0 Å². The van der Waals surface area contributed by atoms with Crippen LogP contribution in [-0.2, 0) is 10.8 Å². The maximum atomic E-state index is 6.90. The van der Waals surface area contributed by atoms with Gasteiger partial charge < -0.3 is 4.74 Å². The number of hydrogen-bond donors (Lipinski definition) is 0. The van der Waals surface area contributed by atoms with Crippen molar-refractivity contribution >= 4 is 0 Å². The van der Waals surface area contributed by atoms with E-state index in [1.54, 1.807) is 0 Å². The Morgan fingerprint density at radius 3 is 1.32 bits per heavy atom. The van der Waals surface area contributed by atoms with Crippen LogP contribution in [-0.4, -0.2) is 24.9 Å². The van der Waals surface area contributed by atoms with Crippen molar-refractivity contribution < 1.29 is 4.74 Å². The molecule has 0 saturated heterocycles. The van der Waals surface area contributed by atoms with Gasteiger partial charge in [-0.3, -0.25) is 0 Å². The van der Waals surface area contributed by atoms with E-state index in [0.717, 1.165) is 95.2 Å². The van der Waals surface area contributed by atoms with Crippen molar-refractivity contribution in [2.75, 3.05) is 0 Å². The van der Waals surface area contributed by atoms with Gasteiger partial charge in [0.1, 0.15) is 11.5 Å². The van der Waals surface area contributed by atoms with Crippen LogP contribution in [0.1, 0.15) is 47.4 Å². The molecule has 1 aliphatic heterocycles. The Labute approximate surface area is 377 Å². The molecule has 0 atom stereocenters. The fraction of sp³-hybridized carbons (Fsp3) is 0.0678. The number of benzene rings is 8. The highest BCUT2D eigenvalue weighted by atomic mass is 16.5. The van der Waals surface area contributed by atoms with E-state index in [2.05, 4.69) is 172 Å². The molecule has 0 amide bonds. The van der Waals surface area contributed by atoms with Gasteiger partial charge in [0.15, 0.2) is 23.3 Å². The molecule has 65 heavy (non-hydrogen) atoms. The normalized spacial score (nSPS) is 14.1. The van der Waals surface area contributed by atoms with Crippen LogP contribution >= 0.6 is 0 Å². The van der Waals surface area contributed by atoms with E-state index in [9.17, 15) is 0 Å². The van der Waals surface area contributed by atoms with E-state index < -0.39 is 5.41 Å². The second-order valence-corrected chi connectivity index (χ2v) is 17.5. The Kier molecular flexibility index (Phi) is 8.06. The molecule has 3 heterocycles. The number of hydrogen-bond acceptors (Lipinski definition) is 6. The molecule has 8 aromatic carbocycles. The van der Waals surface area contributed by atoms with E-state index >= 15 is 0 Å². The number of aromatic nitrogens is 5. The van der Waals surface area contributed by atoms with Crippen LogP contribution in [0.4, 0.5) is 0 Å². The zero-order chi connectivity index (χ0) is 43.3. The predicted octanol–water partition coefficient (Wildman–Crippen LogP) is 13.8. The Morgan fingerprint density at radius 2 is 0.754 bits per heavy atom. The Hall–Kier alpha value is -8.35. The summed E-state index contributed by atoms with van der Waals surface area (Å²) in [4.78, 5) is 27.0. The first-order valence-electron chi connectivity index (χ1n) is 22.1. The lowest BCUT2D eigenvalue weighted by atomic mass is 9.63. The van der Waals surface area contributed by atoms with Crippen molar-refractivity contribution in [3.8, 4) is 90.6 Å². The molecule has 3 aliphatic rings. The van der Waals surface area contributed by atoms with Crippen molar-refractivity contribution in [3.63, 3.8) is 0 Å². The fourth-order valence-electron chi connectivity index (χ4n) is 10.8. The quantitative estimate of drug-likeness (QED) is 0.172. The molecule has 10 aromatic rings. The summed E-state index contributed by atoms with van der Waals surface area (Å²) >= 11 is 0. The van der Waals surface area contributed by atoms with E-state index in [1.165, 1.54) is 5.56 Å². The molecule has 13 rings (SSSR count). The first kappa shape index (κ1) is 37.2. The van der Waals surface area contributed by atoms with Gasteiger partial charge in [-0.25, -0.2) is 24.9 Å². The van der Waals surface area contributed by atoms with E-state index in [1.807, 2.05) is 42.5 Å². The number of fused-ring (bicyclic) bond motifs is 12. The molecule has 2 aliphatic carbocycles. The van der Waals surface area contributed by atoms with Crippen LogP contribution in [0.25, 0.3) is 79.1 Å². The predicted molar refractivity (Wildman–Crippen MR) is 258 cm³/mol. The SMILES string of the molecule is CC1(C)c2ccccc2-c2c(-c3cccc4c3C3(c5ccccc5Oc5ccccc53)c3c(-c5nc(-c6ccccc6)nc(-c6ccccc6)n5)cccc3-4)nc(-c3ccccc3)nc21. The van der Waals surface area contributed by atoms with Crippen molar-refractivity contribution in [2.45, 2.75) is 24.7 Å². The smallest absolute Gasteiger partial charge is 0.164 e. The van der Waals surface area contributed by atoms with Crippen LogP contribution in [0, 0.1) is 0 Å². The van der Waals surface area contributed by atoms with E-state index in [4.69, 9.17) is 29.7 Å². The van der Waals surface area contributed by atoms with Gasteiger partial charge in [0, 0.05) is 49.9 Å². The van der Waals surface area contributed by atoms with Gasteiger partial charge in [0.05, 0.1) is 16.8 Å². The molecule has 0 saturated carbocycles. The van der Waals surface area contributed by atoms with Gasteiger partial charge in [-0.05, 0) is 45.5 Å². The monoisotopic (exact) mass is 833 g/mol. The minimum atomic E-state index is -0.909. The summed E-state index contributed by atoms with van der Waals surface area (Å²) in [5, 5.41) is 0. The summed E-state index contributed by atoms with van der Waals surface area (Å²) in [7, 11) is 0. The highest BCUT2D eigenvalue weighted by Gasteiger charge is 2.54. The van der Waals surface area contributed by atoms with Crippen molar-refractivity contribution in [2.24, 2.45) is 0 Å². The third-order valence-electron chi connectivity index (χ3n) is 13.6. The molecular weight excluding hydrogens is 795 g/mol. The number of para-hydroxylation sites is 2. The topological polar surface area (TPSA) is 73.7 Å². The standard InChI is InChI=1S/C59H39N5O/c1-58(2)44-31-13-12-26-41(44)49-52(60-54(61-53(49)58)36-20-6-3-7-21-36)42-29-18-27-39-40-28-19-30-43(57-63-55(37-22-8-4-9-23-37)62-56(64-57)38-24-10-5-11-25-38)51(40)59(50(39)42)45-32-14-16-34-47(45)65-48-35-17-15-33-46(48)59/h3-35H,1-2H3. The third kappa shape index (κ3) is 5.37. The molecule has 6 nitrogen and oxygen atoms in total. The van der Waals surface area contributed by atoms with Crippen LogP contribution in [0.3, 0.4) is 0 Å². The summed E-state index contributed by atoms with van der Waals surface area (Å²) in [5.41, 5.74) is 15.4. The molecule has 1 spiro atoms. The zero-order valence-electron chi connectivity index (χ0n) is 35.7. The molecule has 0 N–H and O–H groups in total. The summed E-state index contributed by atoms with van der Waals surface area (Å²) < 4.78 is 6.90. The third-order valence-corrected chi connectivity index (χ3v) is 13.6. The fourth-order valence-corrected chi connectivity index (χ4v) is 10.8. The van der Waals surface area contributed by atoms with Crippen LogP contribution in [0.15, 0.2) is 200 Å². The van der Waals surface area contributed by atoms with E-state index in [0.29, 0.717) is 23.3 Å². The maximum absolute atomic E-state index is 6.90. The highest BCUT2D eigenvalue weighted by molar-refractivity contribution is 6.00. The molecule has 0 radical (unpaired) electrons. The van der Waals surface area contributed by atoms with Gasteiger partial charge in [-0.2, -0.15) is 0 Å². The second kappa shape index (κ2) is 14.1. The molecule has 0 bridgehead atoms. The summed E-state index contributed by atoms with van der Waals surface area (Å²) in [5.74, 6) is 4.10. The molecule has 6 heteroatoms. The van der Waals surface area contributed by atoms with Crippen molar-refractivity contribution in [3.05, 3.63) is 234 Å². The molecule has 0 unspecified atom stereocenters. The lowest BCUT2D eigenvalue weighted by Gasteiger charge is -2.41. The number of rotatable bonds is 5. The lowest BCUT2D eigenvalue weighted by Crippen LogP contribution is -2.33. The second-order valence-electron chi connectivity index (χ2n) is 17.5. The number of ether oxygens (including phenoxy) is 1. The minimum absolute atomic E-state index is 0.373. The lowest BCUT2D eigenvalue weighted by molar-refractivity contribution is 0.436. The van der Waals surface area contributed by atoms with E-state index in [-0.39, 0.29) is 5.41 Å². The summed E-state index contributed by atoms with van der Waals surface area (Å²) in [6.45, 7) is 4.57. The molecule has 2 aromatic heterocycles. The summed E-state index contributed by atoms with van der Waals surface area (Å²) in [6.07, 6.45) is 0. The Balaban J connectivity index is 1.18. The van der Waals surface area contributed by atoms with Gasteiger partial charge in [0.2, 0.25) is 0 Å². The number of nitrogens with zero attached hydrogens (tertiary/aromatic N) is 5. The zero-order valence-corrected chi connectivity index (χ0v) is 35.7. The van der Waals surface area contributed by atoms with Gasteiger partial charge in [0.25, 0.3) is 0 Å². The van der Waals surface area contributed by atoms with Crippen LogP contribution in [0.5, 0.6) is 11.5 Å².